The molecule has 6 nitrogen and oxygen atoms in total. The van der Waals surface area contributed by atoms with E-state index < -0.39 is 18.2 Å². The molecule has 0 aliphatic carbocycles. The molecule has 0 aromatic carbocycles. The second-order valence-corrected chi connectivity index (χ2v) is 17.0. The number of hydrogen-bond donors (Lipinski definition) is 3. The van der Waals surface area contributed by atoms with E-state index in [1.54, 1.807) is 0 Å². The third-order valence-electron chi connectivity index (χ3n) is 11.2. The largest absolute Gasteiger partial charge is 0.461 e. The second-order valence-electron chi connectivity index (χ2n) is 17.0. The molecular formula is C53H95NO5. The maximum Gasteiger partial charge on any atom is 0.306 e. The van der Waals surface area contributed by atoms with Crippen LogP contribution < -0.4 is 5.32 Å². The van der Waals surface area contributed by atoms with Crippen LogP contribution in [0.3, 0.4) is 0 Å². The van der Waals surface area contributed by atoms with E-state index in [2.05, 4.69) is 32.2 Å². The lowest BCUT2D eigenvalue weighted by Crippen LogP contribution is -2.46. The fourth-order valence-electron chi connectivity index (χ4n) is 7.45. The molecule has 1 amide bonds. The molecule has 3 atom stereocenters. The zero-order chi connectivity index (χ0) is 43.1. The first-order valence-electron chi connectivity index (χ1n) is 25.1. The van der Waals surface area contributed by atoms with Gasteiger partial charge in [-0.25, -0.2) is 0 Å². The molecule has 3 unspecified atom stereocenters. The molecule has 0 aromatic heterocycles. The van der Waals surface area contributed by atoms with Gasteiger partial charge in [-0.1, -0.05) is 261 Å². The Hall–Kier alpha value is -2.44. The number of aliphatic hydroxyl groups is 2. The number of esters is 1. The summed E-state index contributed by atoms with van der Waals surface area (Å²) in [6.07, 6.45) is 57.4. The van der Waals surface area contributed by atoms with Gasteiger partial charge in [0.25, 0.3) is 0 Å². The molecule has 0 heterocycles. The Kier molecular flexibility index (Phi) is 44.7. The highest BCUT2D eigenvalue weighted by atomic mass is 16.5. The highest BCUT2D eigenvalue weighted by Gasteiger charge is 2.23. The van der Waals surface area contributed by atoms with Crippen LogP contribution >= 0.6 is 0 Å². The molecular weight excluding hydrogens is 731 g/mol. The van der Waals surface area contributed by atoms with Crippen LogP contribution in [0.2, 0.25) is 0 Å². The summed E-state index contributed by atoms with van der Waals surface area (Å²) in [7, 11) is 0. The lowest BCUT2D eigenvalue weighted by molar-refractivity contribution is -0.150. The van der Waals surface area contributed by atoms with Crippen molar-refractivity contribution in [3.8, 4) is 0 Å². The molecule has 0 radical (unpaired) electrons. The summed E-state index contributed by atoms with van der Waals surface area (Å²) < 4.78 is 5.84. The van der Waals surface area contributed by atoms with Gasteiger partial charge in [0.2, 0.25) is 5.91 Å². The van der Waals surface area contributed by atoms with Crippen LogP contribution in [0.15, 0.2) is 60.8 Å². The van der Waals surface area contributed by atoms with E-state index in [1.807, 2.05) is 54.7 Å². The van der Waals surface area contributed by atoms with E-state index in [4.69, 9.17) is 4.74 Å². The van der Waals surface area contributed by atoms with E-state index in [1.165, 1.54) is 148 Å². The summed E-state index contributed by atoms with van der Waals surface area (Å²) in [4.78, 5) is 26.0. The van der Waals surface area contributed by atoms with E-state index in [-0.39, 0.29) is 24.9 Å². The topological polar surface area (TPSA) is 95.9 Å². The van der Waals surface area contributed by atoms with Crippen molar-refractivity contribution < 1.29 is 24.5 Å². The summed E-state index contributed by atoms with van der Waals surface area (Å²) >= 11 is 0. The number of carbonyl (C=O) groups is 2. The number of hydrogen-bond acceptors (Lipinski definition) is 5. The Morgan fingerprint density at radius 3 is 1.29 bits per heavy atom. The van der Waals surface area contributed by atoms with Crippen LogP contribution in [0.4, 0.5) is 0 Å². The Labute approximate surface area is 365 Å². The minimum absolute atomic E-state index is 0.0172. The molecule has 0 aromatic rings. The molecule has 0 aliphatic heterocycles. The SMILES string of the molecule is CC/C=C/C=C/C=C\C=C/C=C/CC(CC(=O)NC(CO)C(O)CCCCCCCCCCCCCCC)OC(=O)CCCCCCCCCCCCCCCCCC. The maximum absolute atomic E-state index is 13.1. The smallest absolute Gasteiger partial charge is 0.306 e. The Balaban J connectivity index is 4.62. The highest BCUT2D eigenvalue weighted by Crippen LogP contribution is 2.17. The van der Waals surface area contributed by atoms with Crippen LogP contribution in [0.5, 0.6) is 0 Å². The van der Waals surface area contributed by atoms with Gasteiger partial charge >= 0.3 is 5.97 Å². The number of ether oxygens (including phenoxy) is 1. The van der Waals surface area contributed by atoms with Crippen LogP contribution in [-0.2, 0) is 14.3 Å². The molecule has 342 valence electrons. The molecule has 0 spiro atoms. The second kappa shape index (κ2) is 46.6. The third-order valence-corrected chi connectivity index (χ3v) is 11.2. The third kappa shape index (κ3) is 42.1. The average molecular weight is 826 g/mol. The van der Waals surface area contributed by atoms with Crippen LogP contribution in [-0.4, -0.2) is 46.9 Å². The van der Waals surface area contributed by atoms with Gasteiger partial charge in [0, 0.05) is 12.8 Å². The highest BCUT2D eigenvalue weighted by molar-refractivity contribution is 5.77. The molecule has 0 saturated heterocycles. The quantitative estimate of drug-likeness (QED) is 0.0323. The summed E-state index contributed by atoms with van der Waals surface area (Å²) in [5.41, 5.74) is 0. The predicted octanol–water partition coefficient (Wildman–Crippen LogP) is 14.8. The van der Waals surface area contributed by atoms with Gasteiger partial charge in [-0.05, 0) is 19.3 Å². The van der Waals surface area contributed by atoms with Crippen molar-refractivity contribution in [2.24, 2.45) is 0 Å². The number of rotatable bonds is 44. The van der Waals surface area contributed by atoms with Gasteiger partial charge in [-0.2, -0.15) is 0 Å². The van der Waals surface area contributed by atoms with Gasteiger partial charge in [0.05, 0.1) is 25.2 Å². The fourth-order valence-corrected chi connectivity index (χ4v) is 7.45. The first kappa shape index (κ1) is 56.6. The number of nitrogens with one attached hydrogen (secondary N) is 1. The molecule has 59 heavy (non-hydrogen) atoms. The van der Waals surface area contributed by atoms with Gasteiger partial charge in [-0.15, -0.1) is 0 Å². The van der Waals surface area contributed by atoms with Crippen molar-refractivity contribution in [2.75, 3.05) is 6.61 Å². The summed E-state index contributed by atoms with van der Waals surface area (Å²) in [5.74, 6) is -0.602. The molecule has 0 rings (SSSR count). The molecule has 3 N–H and O–H groups in total. The Bertz CT molecular complexity index is 1060. The monoisotopic (exact) mass is 826 g/mol. The predicted molar refractivity (Wildman–Crippen MR) is 255 cm³/mol. The fraction of sp³-hybridized carbons (Fsp3) is 0.774. The van der Waals surface area contributed by atoms with Gasteiger partial charge in [-0.3, -0.25) is 9.59 Å². The summed E-state index contributed by atoms with van der Waals surface area (Å²) in [6, 6.07) is -0.738. The van der Waals surface area contributed by atoms with Gasteiger partial charge < -0.3 is 20.3 Å². The van der Waals surface area contributed by atoms with Crippen LogP contribution in [0, 0.1) is 0 Å². The van der Waals surface area contributed by atoms with Crippen molar-refractivity contribution in [3.63, 3.8) is 0 Å². The number of amides is 1. The van der Waals surface area contributed by atoms with E-state index >= 15 is 0 Å². The van der Waals surface area contributed by atoms with E-state index in [9.17, 15) is 19.8 Å². The molecule has 0 bridgehead atoms. The van der Waals surface area contributed by atoms with Crippen molar-refractivity contribution in [1.29, 1.82) is 0 Å². The summed E-state index contributed by atoms with van der Waals surface area (Å²) in [6.45, 7) is 6.30. The Morgan fingerprint density at radius 2 is 0.881 bits per heavy atom. The van der Waals surface area contributed by atoms with Crippen molar-refractivity contribution in [2.45, 2.75) is 257 Å². The van der Waals surface area contributed by atoms with Gasteiger partial charge in [0.15, 0.2) is 0 Å². The average Bonchev–Trinajstić information content (AvgIpc) is 3.23. The molecule has 0 saturated carbocycles. The first-order valence-corrected chi connectivity index (χ1v) is 25.1. The van der Waals surface area contributed by atoms with Gasteiger partial charge in [0.1, 0.15) is 6.10 Å². The van der Waals surface area contributed by atoms with Crippen molar-refractivity contribution >= 4 is 11.9 Å². The van der Waals surface area contributed by atoms with Crippen LogP contribution in [0.1, 0.15) is 239 Å². The number of aliphatic hydroxyl groups excluding tert-OH is 2. The number of allylic oxidation sites excluding steroid dienone is 9. The minimum Gasteiger partial charge on any atom is -0.461 e. The molecule has 0 aliphatic rings. The normalized spacial score (nSPS) is 13.8. The van der Waals surface area contributed by atoms with E-state index in [0.717, 1.165) is 44.9 Å². The zero-order valence-corrected chi connectivity index (χ0v) is 38.9. The Morgan fingerprint density at radius 1 is 0.508 bits per heavy atom. The number of unbranched alkanes of at least 4 members (excludes halogenated alkanes) is 27. The van der Waals surface area contributed by atoms with E-state index in [0.29, 0.717) is 19.3 Å². The molecule has 0 fully saturated rings. The van der Waals surface area contributed by atoms with Crippen molar-refractivity contribution in [1.82, 2.24) is 5.32 Å². The number of carbonyl (C=O) groups excluding carboxylic acids is 2. The van der Waals surface area contributed by atoms with Crippen molar-refractivity contribution in [3.05, 3.63) is 60.8 Å². The van der Waals surface area contributed by atoms with Crippen LogP contribution in [0.25, 0.3) is 0 Å². The summed E-state index contributed by atoms with van der Waals surface area (Å²) in [5, 5.41) is 23.7. The molecule has 6 heteroatoms. The lowest BCUT2D eigenvalue weighted by Gasteiger charge is -2.24. The maximum atomic E-state index is 13.1. The zero-order valence-electron chi connectivity index (χ0n) is 38.9. The minimum atomic E-state index is -0.817. The lowest BCUT2D eigenvalue weighted by atomic mass is 10.0. The standard InChI is InChI=1S/C53H95NO5/c1-4-7-10-13-16-19-22-24-25-26-28-31-34-37-40-43-46-53(58)59-49(44-41-38-35-32-29-21-18-15-12-9-6-3)47-52(57)54-50(48-55)51(56)45-42-39-36-33-30-27-23-20-17-14-11-8-5-2/h9,12,15,18,21,29,32,35,38,41,49-51,55-56H,4-8,10-11,13-14,16-17,19-20,22-28,30-31,33-34,36-37,39-40,42-48H2,1-3H3,(H,54,57)/b12-9+,18-15+,29-21-,35-32-,41-38+. The first-order chi connectivity index (χ1) is 29.0.